The van der Waals surface area contributed by atoms with Crippen LogP contribution in [0, 0.1) is 0 Å². The van der Waals surface area contributed by atoms with E-state index in [2.05, 4.69) is 4.98 Å². The van der Waals surface area contributed by atoms with Crippen LogP contribution in [0.4, 0.5) is 0 Å². The minimum Gasteiger partial charge on any atom is -0.496 e. The van der Waals surface area contributed by atoms with Gasteiger partial charge < -0.3 is 14.5 Å². The molecule has 1 aromatic heterocycles. The number of allylic oxidation sites excluding steroid dienone is 1. The first-order valence-electron chi connectivity index (χ1n) is 10.9. The second-order valence-corrected chi connectivity index (χ2v) is 9.63. The van der Waals surface area contributed by atoms with Crippen LogP contribution in [0.2, 0.25) is 0 Å². The van der Waals surface area contributed by atoms with Gasteiger partial charge in [0.1, 0.15) is 11.5 Å². The van der Waals surface area contributed by atoms with Crippen LogP contribution in [0.25, 0.3) is 28.2 Å². The number of para-hydroxylation sites is 1. The summed E-state index contributed by atoms with van der Waals surface area (Å²) in [5.41, 5.74) is 3.59. The molecule has 0 spiro atoms. The molecule has 0 aliphatic heterocycles. The van der Waals surface area contributed by atoms with Gasteiger partial charge in [0, 0.05) is 40.6 Å². The quantitative estimate of drug-likeness (QED) is 0.268. The monoisotopic (exact) mass is 504 g/mol. The third-order valence-corrected chi connectivity index (χ3v) is 6.96. The Hall–Kier alpha value is -4.37. The summed E-state index contributed by atoms with van der Waals surface area (Å²) >= 11 is 0. The third-order valence-electron chi connectivity index (χ3n) is 5.51. The molecule has 0 saturated heterocycles. The van der Waals surface area contributed by atoms with E-state index in [9.17, 15) is 18.0 Å². The Balaban J connectivity index is 1.64. The summed E-state index contributed by atoms with van der Waals surface area (Å²) in [5.74, 6) is 0.104. The fourth-order valence-corrected chi connectivity index (χ4v) is 4.78. The molecule has 1 amide bonds. The van der Waals surface area contributed by atoms with Gasteiger partial charge in [-0.1, -0.05) is 18.2 Å². The molecule has 1 heterocycles. The summed E-state index contributed by atoms with van der Waals surface area (Å²) in [6.45, 7) is 1.11. The van der Waals surface area contributed by atoms with E-state index >= 15 is 0 Å². The zero-order valence-corrected chi connectivity index (χ0v) is 20.7. The predicted octanol–water partition coefficient (Wildman–Crippen LogP) is 4.57. The van der Waals surface area contributed by atoms with Crippen molar-refractivity contribution < 1.29 is 27.5 Å². The molecule has 36 heavy (non-hydrogen) atoms. The highest BCUT2D eigenvalue weighted by Gasteiger charge is 2.17. The average molecular weight is 505 g/mol. The number of methoxy groups -OCH3 is 2. The van der Waals surface area contributed by atoms with Crippen LogP contribution in [0.15, 0.2) is 77.7 Å². The van der Waals surface area contributed by atoms with E-state index in [1.165, 1.54) is 37.5 Å². The van der Waals surface area contributed by atoms with E-state index in [4.69, 9.17) is 9.47 Å². The van der Waals surface area contributed by atoms with Gasteiger partial charge in [0.2, 0.25) is 5.91 Å². The van der Waals surface area contributed by atoms with E-state index < -0.39 is 15.9 Å². The third kappa shape index (κ3) is 5.16. The number of H-pyrrole nitrogens is 1. The number of carbonyl (C=O) groups excluding carboxylic acids is 2. The van der Waals surface area contributed by atoms with Crippen molar-refractivity contribution in [2.75, 3.05) is 14.2 Å². The number of ether oxygens (including phenoxy) is 2. The van der Waals surface area contributed by atoms with Crippen LogP contribution < -0.4 is 14.2 Å². The first kappa shape index (κ1) is 24.7. The molecule has 0 atom stereocenters. The van der Waals surface area contributed by atoms with Gasteiger partial charge in [0.25, 0.3) is 10.0 Å². The van der Waals surface area contributed by atoms with Crippen LogP contribution in [0.5, 0.6) is 11.5 Å². The molecule has 184 valence electrons. The number of benzene rings is 3. The molecule has 4 aromatic rings. The molecule has 0 saturated carbocycles. The number of ketones is 1. The molecule has 0 fully saturated rings. The number of nitrogens with one attached hydrogen (secondary N) is 2. The number of amides is 1. The van der Waals surface area contributed by atoms with Gasteiger partial charge in [0.05, 0.1) is 24.8 Å². The average Bonchev–Trinajstić information content (AvgIpc) is 3.30. The zero-order chi connectivity index (χ0) is 25.9. The van der Waals surface area contributed by atoms with E-state index in [1.807, 2.05) is 41.1 Å². The summed E-state index contributed by atoms with van der Waals surface area (Å²) in [6.07, 6.45) is 3.02. The summed E-state index contributed by atoms with van der Waals surface area (Å²) in [5, 5.41) is 1.06. The SMILES string of the molecule is COc1cc(OC)c(-c2cc3ccccc3[nH]2)cc1C=CC(=O)c1ccc(S(=O)(=O)NC(C)=O)cc1. The van der Waals surface area contributed by atoms with Crippen LogP contribution in [-0.2, 0) is 14.8 Å². The van der Waals surface area contributed by atoms with Crippen molar-refractivity contribution in [3.8, 4) is 22.8 Å². The molecule has 0 aliphatic rings. The Morgan fingerprint density at radius 1 is 0.917 bits per heavy atom. The van der Waals surface area contributed by atoms with Crippen molar-refractivity contribution in [1.82, 2.24) is 9.71 Å². The number of hydrogen-bond donors (Lipinski definition) is 2. The number of sulfonamides is 1. The number of hydrogen-bond acceptors (Lipinski definition) is 6. The Labute approximate surface area is 208 Å². The van der Waals surface area contributed by atoms with Crippen molar-refractivity contribution >= 4 is 38.7 Å². The predicted molar refractivity (Wildman–Crippen MR) is 138 cm³/mol. The highest BCUT2D eigenvalue weighted by molar-refractivity contribution is 7.90. The molecule has 4 rings (SSSR count). The Morgan fingerprint density at radius 2 is 1.61 bits per heavy atom. The van der Waals surface area contributed by atoms with Crippen molar-refractivity contribution in [3.63, 3.8) is 0 Å². The summed E-state index contributed by atoms with van der Waals surface area (Å²) < 4.78 is 37.2. The topological polar surface area (TPSA) is 115 Å². The molecule has 0 unspecified atom stereocenters. The van der Waals surface area contributed by atoms with Gasteiger partial charge in [-0.25, -0.2) is 13.1 Å². The minimum atomic E-state index is -3.97. The molecule has 3 aromatic carbocycles. The van der Waals surface area contributed by atoms with Crippen LogP contribution in [-0.4, -0.2) is 39.3 Å². The molecule has 0 radical (unpaired) electrons. The van der Waals surface area contributed by atoms with Crippen molar-refractivity contribution in [2.45, 2.75) is 11.8 Å². The fourth-order valence-electron chi connectivity index (χ4n) is 3.79. The van der Waals surface area contributed by atoms with Gasteiger partial charge in [0.15, 0.2) is 5.78 Å². The van der Waals surface area contributed by atoms with Crippen molar-refractivity contribution in [1.29, 1.82) is 0 Å². The van der Waals surface area contributed by atoms with Crippen LogP contribution >= 0.6 is 0 Å². The van der Waals surface area contributed by atoms with Gasteiger partial charge in [-0.2, -0.15) is 0 Å². The van der Waals surface area contributed by atoms with Crippen molar-refractivity contribution in [2.24, 2.45) is 0 Å². The van der Waals surface area contributed by atoms with Crippen LogP contribution in [0.3, 0.4) is 0 Å². The maximum Gasteiger partial charge on any atom is 0.264 e. The lowest BCUT2D eigenvalue weighted by atomic mass is 10.0. The summed E-state index contributed by atoms with van der Waals surface area (Å²) in [6, 6.07) is 18.9. The molecule has 2 N–H and O–H groups in total. The lowest BCUT2D eigenvalue weighted by molar-refractivity contribution is -0.117. The zero-order valence-electron chi connectivity index (χ0n) is 19.9. The Bertz CT molecular complexity index is 1550. The molecule has 0 aliphatic carbocycles. The first-order chi connectivity index (χ1) is 17.2. The van der Waals surface area contributed by atoms with E-state index in [0.29, 0.717) is 17.1 Å². The van der Waals surface area contributed by atoms with Gasteiger partial charge in [-0.15, -0.1) is 0 Å². The summed E-state index contributed by atoms with van der Waals surface area (Å²) in [7, 11) is -0.862. The lowest BCUT2D eigenvalue weighted by Crippen LogP contribution is -2.28. The molecule has 8 nitrogen and oxygen atoms in total. The Kier molecular flexibility index (Phi) is 6.93. The second-order valence-electron chi connectivity index (χ2n) is 7.95. The smallest absolute Gasteiger partial charge is 0.264 e. The number of aromatic nitrogens is 1. The van der Waals surface area contributed by atoms with Crippen LogP contribution in [0.1, 0.15) is 22.8 Å². The van der Waals surface area contributed by atoms with E-state index in [-0.39, 0.29) is 16.2 Å². The molecular formula is C27H24N2O6S. The molecular weight excluding hydrogens is 480 g/mol. The maximum atomic E-state index is 12.8. The standard InChI is InChI=1S/C27H24N2O6S/c1-17(30)29-36(32,33)21-11-8-18(9-12-21)25(31)13-10-20-14-22(27(35-3)16-26(20)34-2)24-15-19-6-4-5-7-23(19)28-24/h4-16,28H,1-3H3,(H,29,30). The lowest BCUT2D eigenvalue weighted by Gasteiger charge is -2.12. The molecule has 9 heteroatoms. The number of rotatable bonds is 8. The minimum absolute atomic E-state index is 0.113. The second kappa shape index (κ2) is 10.1. The maximum absolute atomic E-state index is 12.8. The van der Waals surface area contributed by atoms with Gasteiger partial charge in [-0.3, -0.25) is 9.59 Å². The van der Waals surface area contributed by atoms with E-state index in [0.717, 1.165) is 29.1 Å². The highest BCUT2D eigenvalue weighted by atomic mass is 32.2. The number of fused-ring (bicyclic) bond motifs is 1. The van der Waals surface area contributed by atoms with Gasteiger partial charge >= 0.3 is 0 Å². The highest BCUT2D eigenvalue weighted by Crippen LogP contribution is 2.37. The largest absolute Gasteiger partial charge is 0.496 e. The Morgan fingerprint density at radius 3 is 2.25 bits per heavy atom. The summed E-state index contributed by atoms with van der Waals surface area (Å²) in [4.78, 5) is 27.2. The van der Waals surface area contributed by atoms with E-state index in [1.54, 1.807) is 19.3 Å². The number of carbonyl (C=O) groups is 2. The van der Waals surface area contributed by atoms with Gasteiger partial charge in [-0.05, 0) is 54.6 Å². The van der Waals surface area contributed by atoms with Crippen molar-refractivity contribution in [3.05, 3.63) is 83.9 Å². The fraction of sp³-hybridized carbons (Fsp3) is 0.111. The number of aromatic amines is 1. The first-order valence-corrected chi connectivity index (χ1v) is 12.4. The normalized spacial score (nSPS) is 11.5. The molecule has 0 bridgehead atoms.